The summed E-state index contributed by atoms with van der Waals surface area (Å²) in [6, 6.07) is 82.6. The zero-order valence-corrected chi connectivity index (χ0v) is 38.4. The number of thiophene rings is 1. The van der Waals surface area contributed by atoms with E-state index in [9.17, 15) is 0 Å². The molecule has 6 heteroatoms. The van der Waals surface area contributed by atoms with E-state index in [1.165, 1.54) is 58.7 Å². The van der Waals surface area contributed by atoms with E-state index in [-0.39, 0.29) is 0 Å². The van der Waals surface area contributed by atoms with Crippen molar-refractivity contribution in [2.24, 2.45) is 0 Å². The van der Waals surface area contributed by atoms with Crippen LogP contribution in [0.15, 0.2) is 231 Å². The zero-order chi connectivity index (χ0) is 45.9. The van der Waals surface area contributed by atoms with Crippen LogP contribution in [0.1, 0.15) is 22.3 Å². The molecular weight excluding hydrogens is 873 g/mol. The quantitative estimate of drug-likeness (QED) is 0.173. The highest BCUT2D eigenvalue weighted by Gasteiger charge is 2.51. The van der Waals surface area contributed by atoms with E-state index in [0.717, 1.165) is 61.7 Å². The summed E-state index contributed by atoms with van der Waals surface area (Å²) in [5.74, 6) is 3.60. The highest BCUT2D eigenvalue weighted by atomic mass is 32.1. The minimum Gasteiger partial charge on any atom is -0.457 e. The maximum absolute atomic E-state index is 6.76. The van der Waals surface area contributed by atoms with E-state index >= 15 is 0 Å². The average molecular weight is 911 g/mol. The maximum Gasteiger partial charge on any atom is 0.164 e. The van der Waals surface area contributed by atoms with Crippen LogP contribution in [0.5, 0.6) is 11.5 Å². The molecule has 0 unspecified atom stereocenters. The number of benzene rings is 10. The van der Waals surface area contributed by atoms with Crippen molar-refractivity contribution in [2.75, 3.05) is 0 Å². The molecule has 0 fully saturated rings. The van der Waals surface area contributed by atoms with E-state index in [2.05, 4.69) is 199 Å². The highest BCUT2D eigenvalue weighted by Crippen LogP contribution is 2.63. The second kappa shape index (κ2) is 15.0. The molecule has 1 aliphatic carbocycles. The van der Waals surface area contributed by atoms with Crippen LogP contribution in [0.4, 0.5) is 0 Å². The lowest BCUT2D eigenvalue weighted by molar-refractivity contribution is 0.436. The fraction of sp³-hybridized carbons (Fsp3) is 0.0156. The number of hydrogen-bond donors (Lipinski definition) is 0. The first kappa shape index (κ1) is 39.1. The standard InChI is InChI=1S/C64H38N4OS/c1-4-16-39(17-5-1)61-65-62(40-18-6-2-7-19-40)67-63(66-61)43-29-33-50-48(37-43)45-31-28-42(38-53(45)64(50)51-23-11-13-25-55(51)69-56-26-14-12-24-52(56)64)41-30-34-54-49(36-41)46-32-35-58-59(47-22-10-15-27-57(47)70-58)60(46)68(54)44-20-8-3-9-21-44/h1-38H. The predicted octanol–water partition coefficient (Wildman–Crippen LogP) is 16.5. The number of para-hydroxylation sites is 3. The molecule has 0 bridgehead atoms. The molecule has 15 rings (SSSR count). The van der Waals surface area contributed by atoms with Crippen molar-refractivity contribution in [2.45, 2.75) is 5.41 Å². The van der Waals surface area contributed by atoms with Crippen LogP contribution in [-0.4, -0.2) is 19.5 Å². The van der Waals surface area contributed by atoms with Crippen molar-refractivity contribution < 1.29 is 4.74 Å². The number of ether oxygens (including phenoxy) is 1. The average Bonchev–Trinajstić information content (AvgIpc) is 4.08. The molecule has 3 aromatic heterocycles. The summed E-state index contributed by atoms with van der Waals surface area (Å²) < 4.78 is 11.8. The molecule has 13 aromatic rings. The van der Waals surface area contributed by atoms with Crippen LogP contribution < -0.4 is 4.74 Å². The van der Waals surface area contributed by atoms with E-state index in [4.69, 9.17) is 19.7 Å². The predicted molar refractivity (Wildman–Crippen MR) is 286 cm³/mol. The van der Waals surface area contributed by atoms with Gasteiger partial charge in [-0.3, -0.25) is 0 Å². The Morgan fingerprint density at radius 2 is 0.957 bits per heavy atom. The summed E-state index contributed by atoms with van der Waals surface area (Å²) in [4.78, 5) is 15.3. The molecule has 70 heavy (non-hydrogen) atoms. The van der Waals surface area contributed by atoms with Gasteiger partial charge in [-0.05, 0) is 94.0 Å². The van der Waals surface area contributed by atoms with Crippen molar-refractivity contribution in [3.63, 3.8) is 0 Å². The second-order valence-corrected chi connectivity index (χ2v) is 19.3. The van der Waals surface area contributed by atoms with Gasteiger partial charge in [-0.1, -0.05) is 170 Å². The van der Waals surface area contributed by atoms with Gasteiger partial charge in [0.15, 0.2) is 17.5 Å². The minimum absolute atomic E-state index is 0.623. The van der Waals surface area contributed by atoms with Gasteiger partial charge in [0.2, 0.25) is 0 Å². The number of nitrogens with zero attached hydrogens (tertiary/aromatic N) is 4. The molecule has 0 saturated heterocycles. The molecular formula is C64H38N4OS. The Balaban J connectivity index is 0.967. The largest absolute Gasteiger partial charge is 0.457 e. The molecule has 0 radical (unpaired) electrons. The first-order chi connectivity index (χ1) is 34.7. The van der Waals surface area contributed by atoms with Crippen molar-refractivity contribution in [1.29, 1.82) is 0 Å². The van der Waals surface area contributed by atoms with Gasteiger partial charge in [-0.25, -0.2) is 15.0 Å². The Morgan fingerprint density at radius 1 is 0.371 bits per heavy atom. The normalized spacial score (nSPS) is 13.1. The lowest BCUT2D eigenvalue weighted by atomic mass is 9.66. The third-order valence-electron chi connectivity index (χ3n) is 14.5. The van der Waals surface area contributed by atoms with Crippen molar-refractivity contribution in [3.8, 4) is 73.6 Å². The van der Waals surface area contributed by atoms with Gasteiger partial charge in [0.1, 0.15) is 11.5 Å². The summed E-state index contributed by atoms with van der Waals surface area (Å²) in [5, 5.41) is 5.06. The van der Waals surface area contributed by atoms with Gasteiger partial charge < -0.3 is 9.30 Å². The summed E-state index contributed by atoms with van der Waals surface area (Å²) >= 11 is 1.86. The Bertz CT molecular complexity index is 4170. The second-order valence-electron chi connectivity index (χ2n) is 18.2. The number of aromatic nitrogens is 4. The topological polar surface area (TPSA) is 52.8 Å². The molecule has 1 spiro atoms. The monoisotopic (exact) mass is 910 g/mol. The van der Waals surface area contributed by atoms with Crippen LogP contribution in [0.3, 0.4) is 0 Å². The molecule has 0 amide bonds. The molecule has 326 valence electrons. The number of rotatable bonds is 5. The Labute approximate surface area is 407 Å². The van der Waals surface area contributed by atoms with Crippen molar-refractivity contribution in [3.05, 3.63) is 253 Å². The van der Waals surface area contributed by atoms with Crippen LogP contribution >= 0.6 is 11.3 Å². The molecule has 4 heterocycles. The lowest BCUT2D eigenvalue weighted by Gasteiger charge is -2.39. The summed E-state index contributed by atoms with van der Waals surface area (Å²) in [6.45, 7) is 0. The highest BCUT2D eigenvalue weighted by molar-refractivity contribution is 7.26. The SMILES string of the molecule is c1ccc(-c2nc(-c3ccccc3)nc(-c3ccc4c(c3)-c3ccc(-c5ccc6c(c5)c5ccc7sc8ccccc8c7c5n6-c5ccccc5)cc3C43c4ccccc4Oc4ccccc43)n2)cc1. The van der Waals surface area contributed by atoms with Gasteiger partial charge in [-0.15, -0.1) is 11.3 Å². The van der Waals surface area contributed by atoms with E-state index in [0.29, 0.717) is 17.5 Å². The van der Waals surface area contributed by atoms with Gasteiger partial charge in [-0.2, -0.15) is 0 Å². The van der Waals surface area contributed by atoms with Crippen LogP contribution in [0.2, 0.25) is 0 Å². The van der Waals surface area contributed by atoms with Gasteiger partial charge >= 0.3 is 0 Å². The van der Waals surface area contributed by atoms with E-state index in [1.54, 1.807) is 0 Å². The third-order valence-corrected chi connectivity index (χ3v) is 15.6. The minimum atomic E-state index is -0.673. The molecule has 10 aromatic carbocycles. The Kier molecular flexibility index (Phi) is 8.38. The zero-order valence-electron chi connectivity index (χ0n) is 37.5. The van der Waals surface area contributed by atoms with Crippen LogP contribution in [0, 0.1) is 0 Å². The molecule has 0 N–H and O–H groups in total. The summed E-state index contributed by atoms with van der Waals surface area (Å²) in [7, 11) is 0. The van der Waals surface area contributed by atoms with Gasteiger partial charge in [0.25, 0.3) is 0 Å². The van der Waals surface area contributed by atoms with Crippen LogP contribution in [0.25, 0.3) is 104 Å². The Hall–Kier alpha value is -8.97. The first-order valence-corrected chi connectivity index (χ1v) is 24.5. The number of fused-ring (bicyclic) bond motifs is 16. The molecule has 0 atom stereocenters. The van der Waals surface area contributed by atoms with Crippen molar-refractivity contribution >= 4 is 53.3 Å². The fourth-order valence-corrected chi connectivity index (χ4v) is 12.6. The summed E-state index contributed by atoms with van der Waals surface area (Å²) in [5.41, 5.74) is 14.9. The molecule has 5 nitrogen and oxygen atoms in total. The molecule has 2 aliphatic rings. The van der Waals surface area contributed by atoms with Crippen molar-refractivity contribution in [1.82, 2.24) is 19.5 Å². The van der Waals surface area contributed by atoms with E-state index in [1.807, 2.05) is 47.7 Å². The van der Waals surface area contributed by atoms with Gasteiger partial charge in [0, 0.05) is 64.4 Å². The van der Waals surface area contributed by atoms with E-state index < -0.39 is 5.41 Å². The molecule has 1 aliphatic heterocycles. The maximum atomic E-state index is 6.76. The third kappa shape index (κ3) is 5.62. The lowest BCUT2D eigenvalue weighted by Crippen LogP contribution is -2.32. The fourth-order valence-electron chi connectivity index (χ4n) is 11.5. The molecule has 0 saturated carbocycles. The Morgan fingerprint density at radius 3 is 1.67 bits per heavy atom. The van der Waals surface area contributed by atoms with Crippen LogP contribution in [-0.2, 0) is 5.41 Å². The first-order valence-electron chi connectivity index (χ1n) is 23.7. The smallest absolute Gasteiger partial charge is 0.164 e. The number of hydrogen-bond acceptors (Lipinski definition) is 5. The summed E-state index contributed by atoms with van der Waals surface area (Å²) in [6.07, 6.45) is 0. The van der Waals surface area contributed by atoms with Gasteiger partial charge in [0.05, 0.1) is 16.4 Å².